The molecule has 9 aromatic rings. The minimum Gasteiger partial charge on any atom is -0.310 e. The normalized spacial score (nSPS) is 16.1. The van der Waals surface area contributed by atoms with Crippen molar-refractivity contribution in [1.82, 2.24) is 0 Å². The Morgan fingerprint density at radius 3 is 1.09 bits per heavy atom. The summed E-state index contributed by atoms with van der Waals surface area (Å²) >= 11 is 0. The predicted octanol–water partition coefficient (Wildman–Crippen LogP) is 17.8. The summed E-state index contributed by atoms with van der Waals surface area (Å²) in [5, 5.41) is 0. The molecule has 0 amide bonds. The molecule has 12 rings (SSSR count). The lowest BCUT2D eigenvalue weighted by atomic mass is 9.66. The Morgan fingerprint density at radius 2 is 0.623 bits per heavy atom. The maximum Gasteiger partial charge on any atom is 0.0726 e. The first-order chi connectivity index (χ1) is 33.1. The highest BCUT2D eigenvalue weighted by molar-refractivity contribution is 5.97. The molecule has 338 valence electrons. The number of anilines is 3. The van der Waals surface area contributed by atoms with Gasteiger partial charge < -0.3 is 4.90 Å². The fourth-order valence-electron chi connectivity index (χ4n) is 12.4. The van der Waals surface area contributed by atoms with Crippen molar-refractivity contribution in [2.24, 2.45) is 0 Å². The van der Waals surface area contributed by atoms with Gasteiger partial charge in [-0.2, -0.15) is 0 Å². The van der Waals surface area contributed by atoms with Gasteiger partial charge in [0.25, 0.3) is 0 Å². The maximum atomic E-state index is 2.53. The van der Waals surface area contributed by atoms with E-state index in [9.17, 15) is 0 Å². The lowest BCUT2D eigenvalue weighted by Gasteiger charge is -2.37. The van der Waals surface area contributed by atoms with E-state index in [-0.39, 0.29) is 16.2 Å². The summed E-state index contributed by atoms with van der Waals surface area (Å²) in [6.07, 6.45) is 0. The third kappa shape index (κ3) is 6.29. The molecule has 1 nitrogen and oxygen atoms in total. The summed E-state index contributed by atoms with van der Waals surface area (Å²) < 4.78 is 0. The van der Waals surface area contributed by atoms with Crippen LogP contribution in [0.15, 0.2) is 206 Å². The van der Waals surface area contributed by atoms with E-state index in [1.165, 1.54) is 94.6 Å². The third-order valence-corrected chi connectivity index (χ3v) is 15.8. The van der Waals surface area contributed by atoms with E-state index >= 15 is 0 Å². The predicted molar refractivity (Wildman–Crippen MR) is 291 cm³/mol. The van der Waals surface area contributed by atoms with Crippen LogP contribution in [0.5, 0.6) is 0 Å². The molecular weight excluding hydrogens is 831 g/mol. The van der Waals surface area contributed by atoms with Crippen LogP contribution < -0.4 is 4.90 Å². The lowest BCUT2D eigenvalue weighted by Crippen LogP contribution is -2.30. The second-order valence-corrected chi connectivity index (χ2v) is 22.9. The summed E-state index contributed by atoms with van der Waals surface area (Å²) in [6.45, 7) is 21.0. The molecule has 3 aliphatic carbocycles. The molecule has 0 aromatic heterocycles. The van der Waals surface area contributed by atoms with E-state index in [0.29, 0.717) is 0 Å². The van der Waals surface area contributed by atoms with Gasteiger partial charge in [-0.3, -0.25) is 0 Å². The van der Waals surface area contributed by atoms with Gasteiger partial charge in [0.05, 0.1) is 10.8 Å². The molecule has 0 radical (unpaired) electrons. The second-order valence-electron chi connectivity index (χ2n) is 22.9. The summed E-state index contributed by atoms with van der Waals surface area (Å²) in [5.41, 5.74) is 24.7. The number of hydrogen-bond donors (Lipinski definition) is 0. The molecule has 0 fully saturated rings. The number of fused-ring (bicyclic) bond motifs is 13. The Labute approximate surface area is 410 Å². The molecule has 9 aromatic carbocycles. The van der Waals surface area contributed by atoms with Crippen LogP contribution in [0.2, 0.25) is 0 Å². The van der Waals surface area contributed by atoms with E-state index in [4.69, 9.17) is 0 Å². The summed E-state index contributed by atoms with van der Waals surface area (Å²) in [6, 6.07) is 79.4. The van der Waals surface area contributed by atoms with Gasteiger partial charge in [0.15, 0.2) is 0 Å². The second kappa shape index (κ2) is 15.1. The standard InChI is InChI=1S/C68H61N/c1-64(2,3)44-21-19-23-47(39-44)67(48-24-20-22-45(40-48)65(4,5)6)58-30-16-13-27-52(58)56-37-34-50(42-62(56)67)69(49-25-11-10-12-26-49)51-35-38-57-54-29-15-18-32-60(54)68(63(57)43-51)59-31-17-14-28-53(59)55-36-33-46(41-61(55)68)66(7,8)9/h10-43H,1-9H3. The topological polar surface area (TPSA) is 3.24 Å². The summed E-state index contributed by atoms with van der Waals surface area (Å²) in [4.78, 5) is 2.51. The van der Waals surface area contributed by atoms with Crippen LogP contribution in [-0.4, -0.2) is 0 Å². The Kier molecular flexibility index (Phi) is 9.45. The summed E-state index contributed by atoms with van der Waals surface area (Å²) in [7, 11) is 0. The van der Waals surface area contributed by atoms with E-state index in [1.54, 1.807) is 0 Å². The average Bonchev–Trinajstić information content (AvgIpc) is 3.93. The van der Waals surface area contributed by atoms with E-state index in [2.05, 4.69) is 273 Å². The molecular formula is C68H61N. The first-order valence-corrected chi connectivity index (χ1v) is 24.9. The van der Waals surface area contributed by atoms with E-state index in [1.807, 2.05) is 0 Å². The van der Waals surface area contributed by atoms with Crippen LogP contribution in [-0.2, 0) is 27.1 Å². The van der Waals surface area contributed by atoms with Crippen LogP contribution in [0.1, 0.15) is 124 Å². The molecule has 0 saturated heterocycles. The number of rotatable bonds is 5. The van der Waals surface area contributed by atoms with Crippen molar-refractivity contribution in [3.8, 4) is 33.4 Å². The third-order valence-electron chi connectivity index (χ3n) is 15.8. The molecule has 0 bridgehead atoms. The van der Waals surface area contributed by atoms with Crippen molar-refractivity contribution < 1.29 is 0 Å². The highest BCUT2D eigenvalue weighted by Crippen LogP contribution is 2.64. The van der Waals surface area contributed by atoms with Gasteiger partial charge in [-0.15, -0.1) is 0 Å². The number of nitrogens with zero attached hydrogens (tertiary/aromatic N) is 1. The van der Waals surface area contributed by atoms with Crippen molar-refractivity contribution >= 4 is 17.1 Å². The minimum atomic E-state index is -0.585. The van der Waals surface area contributed by atoms with Gasteiger partial charge in [-0.1, -0.05) is 232 Å². The first kappa shape index (κ1) is 43.1. The molecule has 0 N–H and O–H groups in total. The molecule has 1 atom stereocenters. The monoisotopic (exact) mass is 891 g/mol. The van der Waals surface area contributed by atoms with Crippen LogP contribution >= 0.6 is 0 Å². The molecule has 0 heterocycles. The van der Waals surface area contributed by atoms with Crippen molar-refractivity contribution in [2.45, 2.75) is 89.4 Å². The van der Waals surface area contributed by atoms with Crippen LogP contribution in [0.25, 0.3) is 33.4 Å². The zero-order chi connectivity index (χ0) is 47.7. The molecule has 0 aliphatic heterocycles. The van der Waals surface area contributed by atoms with Gasteiger partial charge in [-0.25, -0.2) is 0 Å². The molecule has 1 spiro atoms. The number of para-hydroxylation sites is 1. The van der Waals surface area contributed by atoms with Crippen molar-refractivity contribution in [1.29, 1.82) is 0 Å². The van der Waals surface area contributed by atoms with Crippen molar-refractivity contribution in [3.63, 3.8) is 0 Å². The van der Waals surface area contributed by atoms with Crippen LogP contribution in [0, 0.1) is 0 Å². The summed E-state index contributed by atoms with van der Waals surface area (Å²) in [5.74, 6) is 0. The zero-order valence-electron chi connectivity index (χ0n) is 41.6. The van der Waals surface area contributed by atoms with E-state index < -0.39 is 10.8 Å². The van der Waals surface area contributed by atoms with Crippen LogP contribution in [0.4, 0.5) is 17.1 Å². The van der Waals surface area contributed by atoms with E-state index in [0.717, 1.165) is 17.1 Å². The quantitative estimate of drug-likeness (QED) is 0.166. The highest BCUT2D eigenvalue weighted by Gasteiger charge is 2.52. The minimum absolute atomic E-state index is 0.0114. The van der Waals surface area contributed by atoms with Gasteiger partial charge in [0.1, 0.15) is 0 Å². The lowest BCUT2D eigenvalue weighted by molar-refractivity contribution is 0.585. The maximum absolute atomic E-state index is 2.53. The Bertz CT molecular complexity index is 3440. The smallest absolute Gasteiger partial charge is 0.0726 e. The zero-order valence-corrected chi connectivity index (χ0v) is 41.6. The number of benzene rings is 9. The van der Waals surface area contributed by atoms with Crippen molar-refractivity contribution in [3.05, 3.63) is 267 Å². The average molecular weight is 892 g/mol. The Morgan fingerprint density at radius 1 is 0.261 bits per heavy atom. The Balaban J connectivity index is 1.14. The van der Waals surface area contributed by atoms with Crippen molar-refractivity contribution in [2.75, 3.05) is 4.90 Å². The molecule has 0 saturated carbocycles. The first-order valence-electron chi connectivity index (χ1n) is 24.9. The molecule has 3 aliphatic rings. The largest absolute Gasteiger partial charge is 0.310 e. The molecule has 69 heavy (non-hydrogen) atoms. The molecule has 1 unspecified atom stereocenters. The van der Waals surface area contributed by atoms with Gasteiger partial charge in [0.2, 0.25) is 0 Å². The fourth-order valence-corrected chi connectivity index (χ4v) is 12.4. The van der Waals surface area contributed by atoms with Gasteiger partial charge >= 0.3 is 0 Å². The molecule has 1 heteroatoms. The number of hydrogen-bond acceptors (Lipinski definition) is 1. The van der Waals surface area contributed by atoms with Gasteiger partial charge in [-0.05, 0) is 147 Å². The Hall–Kier alpha value is -7.22. The highest BCUT2D eigenvalue weighted by atomic mass is 15.1. The van der Waals surface area contributed by atoms with Gasteiger partial charge in [0, 0.05) is 17.1 Å². The SMILES string of the molecule is CC(C)(C)c1cccc(C2(c3cccc(C(C)(C)C)c3)c3ccccc3-c3ccc(N(c4ccccc4)c4ccc5c(c4)C4(c6ccccc6-5)c5ccccc5-c5ccc(C(C)(C)C)cc54)cc32)c1. The fraction of sp³-hybridized carbons (Fsp3) is 0.206. The van der Waals surface area contributed by atoms with Crippen LogP contribution in [0.3, 0.4) is 0 Å².